The zero-order valence-corrected chi connectivity index (χ0v) is 19.0. The molecule has 0 spiro atoms. The van der Waals surface area contributed by atoms with Crippen LogP contribution in [0.5, 0.6) is 11.5 Å². The molecule has 1 aliphatic heterocycles. The summed E-state index contributed by atoms with van der Waals surface area (Å²) in [6, 6.07) is 13.2. The molecular weight excluding hydrogens is 392 g/mol. The number of benzene rings is 2. The minimum absolute atomic E-state index is 0.0383. The molecule has 2 atom stereocenters. The fourth-order valence-electron chi connectivity index (χ4n) is 4.17. The van der Waals surface area contributed by atoms with Crippen molar-refractivity contribution in [3.05, 3.63) is 59.2 Å². The molecule has 0 unspecified atom stereocenters. The first-order chi connectivity index (χ1) is 14.9. The third-order valence-electron chi connectivity index (χ3n) is 5.84. The second-order valence-electron chi connectivity index (χ2n) is 8.46. The van der Waals surface area contributed by atoms with Crippen molar-refractivity contribution in [2.24, 2.45) is 11.8 Å². The maximum atomic E-state index is 13.3. The second kappa shape index (κ2) is 9.86. The van der Waals surface area contributed by atoms with Crippen molar-refractivity contribution >= 4 is 11.8 Å². The minimum atomic E-state index is -0.368. The zero-order valence-electron chi connectivity index (χ0n) is 19.0. The van der Waals surface area contributed by atoms with E-state index >= 15 is 0 Å². The van der Waals surface area contributed by atoms with E-state index in [1.807, 2.05) is 49.4 Å². The molecule has 1 aliphatic rings. The van der Waals surface area contributed by atoms with Gasteiger partial charge in [0.05, 0.1) is 20.1 Å². The van der Waals surface area contributed by atoms with Gasteiger partial charge in [0.15, 0.2) is 11.5 Å². The van der Waals surface area contributed by atoms with Crippen LogP contribution < -0.4 is 14.8 Å². The standard InChI is InChI=1S/C25H32N2O4/c1-16(2)13-26-24(28)21-15-27(25(29)18-10-7-6-9-17(18)3)14-20(21)19-11-8-12-22(30-4)23(19)31-5/h6-12,16,20-21H,13-15H2,1-5H3,(H,26,28)/t20-,21-/m0/s1. The first-order valence-corrected chi connectivity index (χ1v) is 10.7. The average molecular weight is 425 g/mol. The van der Waals surface area contributed by atoms with Crippen LogP contribution in [0.3, 0.4) is 0 Å². The van der Waals surface area contributed by atoms with Gasteiger partial charge in [0.1, 0.15) is 0 Å². The highest BCUT2D eigenvalue weighted by atomic mass is 16.5. The predicted molar refractivity (Wildman–Crippen MR) is 121 cm³/mol. The molecule has 166 valence electrons. The number of nitrogens with zero attached hydrogens (tertiary/aromatic N) is 1. The number of likely N-dealkylation sites (tertiary alicyclic amines) is 1. The number of carbonyl (C=O) groups excluding carboxylic acids is 2. The number of hydrogen-bond acceptors (Lipinski definition) is 4. The fourth-order valence-corrected chi connectivity index (χ4v) is 4.17. The molecule has 0 aromatic heterocycles. The van der Waals surface area contributed by atoms with E-state index in [9.17, 15) is 9.59 Å². The maximum Gasteiger partial charge on any atom is 0.254 e. The monoisotopic (exact) mass is 424 g/mol. The minimum Gasteiger partial charge on any atom is -0.493 e. The summed E-state index contributed by atoms with van der Waals surface area (Å²) in [4.78, 5) is 28.2. The van der Waals surface area contributed by atoms with Crippen LogP contribution in [-0.2, 0) is 4.79 Å². The molecule has 1 heterocycles. The van der Waals surface area contributed by atoms with Crippen molar-refractivity contribution < 1.29 is 19.1 Å². The van der Waals surface area contributed by atoms with Crippen LogP contribution in [0, 0.1) is 18.8 Å². The molecule has 0 radical (unpaired) electrons. The number of ether oxygens (including phenoxy) is 2. The molecule has 2 amide bonds. The molecule has 2 aromatic rings. The molecule has 3 rings (SSSR count). The van der Waals surface area contributed by atoms with Crippen molar-refractivity contribution in [3.63, 3.8) is 0 Å². The average Bonchev–Trinajstić information content (AvgIpc) is 3.22. The summed E-state index contributed by atoms with van der Waals surface area (Å²) in [5.41, 5.74) is 2.48. The van der Waals surface area contributed by atoms with E-state index in [1.54, 1.807) is 19.1 Å². The zero-order chi connectivity index (χ0) is 22.5. The summed E-state index contributed by atoms with van der Waals surface area (Å²) >= 11 is 0. The van der Waals surface area contributed by atoms with Gasteiger partial charge in [-0.2, -0.15) is 0 Å². The molecule has 1 N–H and O–H groups in total. The lowest BCUT2D eigenvalue weighted by Crippen LogP contribution is -2.37. The topological polar surface area (TPSA) is 67.9 Å². The molecule has 1 saturated heterocycles. The van der Waals surface area contributed by atoms with Crippen LogP contribution in [0.2, 0.25) is 0 Å². The van der Waals surface area contributed by atoms with Crippen LogP contribution in [0.1, 0.15) is 41.3 Å². The number of para-hydroxylation sites is 1. The van der Waals surface area contributed by atoms with Crippen LogP contribution in [0.15, 0.2) is 42.5 Å². The number of nitrogens with one attached hydrogen (secondary N) is 1. The van der Waals surface area contributed by atoms with E-state index in [1.165, 1.54) is 0 Å². The van der Waals surface area contributed by atoms with Gasteiger partial charge in [0, 0.05) is 36.7 Å². The quantitative estimate of drug-likeness (QED) is 0.737. The number of rotatable bonds is 7. The highest BCUT2D eigenvalue weighted by Gasteiger charge is 2.42. The Morgan fingerprint density at radius 2 is 1.81 bits per heavy atom. The van der Waals surface area contributed by atoms with Gasteiger partial charge in [-0.15, -0.1) is 0 Å². The lowest BCUT2D eigenvalue weighted by molar-refractivity contribution is -0.125. The summed E-state index contributed by atoms with van der Waals surface area (Å²) in [6.45, 7) is 7.46. The van der Waals surface area contributed by atoms with Crippen molar-refractivity contribution in [1.82, 2.24) is 10.2 Å². The molecule has 0 saturated carbocycles. The molecule has 2 aromatic carbocycles. The summed E-state index contributed by atoms with van der Waals surface area (Å²) in [6.07, 6.45) is 0. The third kappa shape index (κ3) is 4.84. The highest BCUT2D eigenvalue weighted by Crippen LogP contribution is 2.42. The number of aryl methyl sites for hydroxylation is 1. The van der Waals surface area contributed by atoms with Crippen LogP contribution in [0.4, 0.5) is 0 Å². The van der Waals surface area contributed by atoms with Gasteiger partial charge < -0.3 is 19.7 Å². The normalized spacial score (nSPS) is 18.2. The van der Waals surface area contributed by atoms with E-state index in [-0.39, 0.29) is 23.7 Å². The van der Waals surface area contributed by atoms with Gasteiger partial charge in [0.2, 0.25) is 5.91 Å². The summed E-state index contributed by atoms with van der Waals surface area (Å²) in [5, 5.41) is 3.05. The largest absolute Gasteiger partial charge is 0.493 e. The molecule has 0 aliphatic carbocycles. The summed E-state index contributed by atoms with van der Waals surface area (Å²) in [5.74, 6) is 0.928. The number of hydrogen-bond donors (Lipinski definition) is 1. The molecule has 0 bridgehead atoms. The lowest BCUT2D eigenvalue weighted by atomic mass is 9.87. The number of carbonyl (C=O) groups is 2. The van der Waals surface area contributed by atoms with Crippen molar-refractivity contribution in [1.29, 1.82) is 0 Å². The molecule has 1 fully saturated rings. The van der Waals surface area contributed by atoms with Crippen molar-refractivity contribution in [2.45, 2.75) is 26.7 Å². The van der Waals surface area contributed by atoms with E-state index in [0.717, 1.165) is 11.1 Å². The van der Waals surface area contributed by atoms with Gasteiger partial charge in [-0.3, -0.25) is 9.59 Å². The van der Waals surface area contributed by atoms with E-state index in [4.69, 9.17) is 9.47 Å². The first-order valence-electron chi connectivity index (χ1n) is 10.7. The van der Waals surface area contributed by atoms with Crippen molar-refractivity contribution in [2.75, 3.05) is 33.9 Å². The van der Waals surface area contributed by atoms with Gasteiger partial charge in [0.25, 0.3) is 5.91 Å². The van der Waals surface area contributed by atoms with Gasteiger partial charge in [-0.1, -0.05) is 44.2 Å². The smallest absolute Gasteiger partial charge is 0.254 e. The van der Waals surface area contributed by atoms with Gasteiger partial charge >= 0.3 is 0 Å². The fraction of sp³-hybridized carbons (Fsp3) is 0.440. The number of amides is 2. The summed E-state index contributed by atoms with van der Waals surface area (Å²) < 4.78 is 11.1. The Morgan fingerprint density at radius 3 is 2.45 bits per heavy atom. The molecule has 31 heavy (non-hydrogen) atoms. The van der Waals surface area contributed by atoms with E-state index in [0.29, 0.717) is 42.6 Å². The second-order valence-corrected chi connectivity index (χ2v) is 8.46. The Morgan fingerprint density at radius 1 is 1.06 bits per heavy atom. The Labute approximate surface area is 184 Å². The molecular formula is C25H32N2O4. The van der Waals surface area contributed by atoms with Gasteiger partial charge in [-0.25, -0.2) is 0 Å². The van der Waals surface area contributed by atoms with E-state index in [2.05, 4.69) is 19.2 Å². The highest BCUT2D eigenvalue weighted by molar-refractivity contribution is 5.96. The van der Waals surface area contributed by atoms with Crippen molar-refractivity contribution in [3.8, 4) is 11.5 Å². The summed E-state index contributed by atoms with van der Waals surface area (Å²) in [7, 11) is 3.19. The van der Waals surface area contributed by atoms with Gasteiger partial charge in [-0.05, 0) is 30.5 Å². The van der Waals surface area contributed by atoms with E-state index < -0.39 is 0 Å². The predicted octanol–water partition coefficient (Wildman–Crippen LogP) is 3.64. The Balaban J connectivity index is 1.96. The SMILES string of the molecule is COc1cccc([C@@H]2CN(C(=O)c3ccccc3C)C[C@@H]2C(=O)NCC(C)C)c1OC. The van der Waals surface area contributed by atoms with Crippen LogP contribution in [0.25, 0.3) is 0 Å². The maximum absolute atomic E-state index is 13.3. The lowest BCUT2D eigenvalue weighted by Gasteiger charge is -2.22. The Bertz CT molecular complexity index is 941. The molecule has 6 nitrogen and oxygen atoms in total. The molecule has 6 heteroatoms. The number of methoxy groups -OCH3 is 2. The van der Waals surface area contributed by atoms with Crippen LogP contribution >= 0.6 is 0 Å². The third-order valence-corrected chi connectivity index (χ3v) is 5.84. The Hall–Kier alpha value is -3.02. The van der Waals surface area contributed by atoms with Crippen LogP contribution in [-0.4, -0.2) is 50.6 Å². The first kappa shape index (κ1) is 22.7. The Kier molecular flexibility index (Phi) is 7.21.